The Morgan fingerprint density at radius 2 is 1.83 bits per heavy atom. The number of carboxylic acids is 1. The first-order valence-corrected chi connectivity index (χ1v) is 7.15. The van der Waals surface area contributed by atoms with Gasteiger partial charge in [0.1, 0.15) is 23.9 Å². The Labute approximate surface area is 138 Å². The smallest absolute Gasteiger partial charge is 0.352 e. The molecular weight excluding hydrogens is 313 g/mol. The molecule has 24 heavy (non-hydrogen) atoms. The lowest BCUT2D eigenvalue weighted by Crippen LogP contribution is -2.24. The SMILES string of the molecule is CC(=O)NC(=Cc1ccccc1OCc1ccccc1F)C(=O)O. The van der Waals surface area contributed by atoms with E-state index in [1.54, 1.807) is 42.5 Å². The van der Waals surface area contributed by atoms with Crippen molar-refractivity contribution in [3.63, 3.8) is 0 Å². The third-order valence-corrected chi connectivity index (χ3v) is 3.10. The summed E-state index contributed by atoms with van der Waals surface area (Å²) in [5.41, 5.74) is 0.570. The molecule has 0 saturated heterocycles. The first-order chi connectivity index (χ1) is 11.5. The molecule has 0 fully saturated rings. The minimum atomic E-state index is -1.27. The summed E-state index contributed by atoms with van der Waals surface area (Å²) in [6.45, 7) is 1.22. The van der Waals surface area contributed by atoms with Crippen molar-refractivity contribution >= 4 is 18.0 Å². The maximum Gasteiger partial charge on any atom is 0.352 e. The monoisotopic (exact) mass is 329 g/mol. The van der Waals surface area contributed by atoms with E-state index in [4.69, 9.17) is 9.84 Å². The van der Waals surface area contributed by atoms with Crippen LogP contribution in [0, 0.1) is 5.82 Å². The standard InChI is InChI=1S/C18H16FNO4/c1-12(21)20-16(18(22)23)10-13-6-3-5-9-17(13)24-11-14-7-2-4-8-15(14)19/h2-10H,11H2,1H3,(H,20,21)(H,22,23). The number of benzene rings is 2. The van der Waals surface area contributed by atoms with Crippen molar-refractivity contribution in [1.82, 2.24) is 5.32 Å². The average Bonchev–Trinajstić information content (AvgIpc) is 2.54. The molecule has 0 spiro atoms. The molecule has 2 aromatic carbocycles. The number of hydrogen-bond donors (Lipinski definition) is 2. The molecule has 0 aromatic heterocycles. The number of para-hydroxylation sites is 1. The molecule has 1 amide bonds. The number of amides is 1. The third kappa shape index (κ3) is 4.67. The van der Waals surface area contributed by atoms with Gasteiger partial charge in [-0.3, -0.25) is 4.79 Å². The first kappa shape index (κ1) is 17.2. The molecule has 0 radical (unpaired) electrons. The molecule has 2 aromatic rings. The fourth-order valence-electron chi connectivity index (χ4n) is 2.00. The van der Waals surface area contributed by atoms with Crippen LogP contribution in [-0.4, -0.2) is 17.0 Å². The first-order valence-electron chi connectivity index (χ1n) is 7.15. The molecule has 0 saturated carbocycles. The molecular formula is C18H16FNO4. The van der Waals surface area contributed by atoms with Crippen molar-refractivity contribution in [2.24, 2.45) is 0 Å². The van der Waals surface area contributed by atoms with Crippen LogP contribution in [-0.2, 0) is 16.2 Å². The minimum absolute atomic E-state index is 0.0000678. The van der Waals surface area contributed by atoms with Crippen molar-refractivity contribution in [3.8, 4) is 5.75 Å². The van der Waals surface area contributed by atoms with Gasteiger partial charge in [-0.25, -0.2) is 9.18 Å². The van der Waals surface area contributed by atoms with Gasteiger partial charge >= 0.3 is 5.97 Å². The Balaban J connectivity index is 2.25. The average molecular weight is 329 g/mol. The van der Waals surface area contributed by atoms with Crippen LogP contribution >= 0.6 is 0 Å². The summed E-state index contributed by atoms with van der Waals surface area (Å²) in [5.74, 6) is -1.76. The number of carbonyl (C=O) groups is 2. The lowest BCUT2D eigenvalue weighted by Gasteiger charge is -2.11. The zero-order chi connectivity index (χ0) is 17.5. The van der Waals surface area contributed by atoms with Gasteiger partial charge < -0.3 is 15.2 Å². The topological polar surface area (TPSA) is 75.6 Å². The van der Waals surface area contributed by atoms with Gasteiger partial charge in [-0.2, -0.15) is 0 Å². The number of carboxylic acid groups (broad SMARTS) is 1. The van der Waals surface area contributed by atoms with E-state index < -0.39 is 11.9 Å². The molecule has 0 aliphatic carbocycles. The second-order valence-electron chi connectivity index (χ2n) is 4.96. The van der Waals surface area contributed by atoms with Crippen LogP contribution < -0.4 is 10.1 Å². The highest BCUT2D eigenvalue weighted by Crippen LogP contribution is 2.22. The van der Waals surface area contributed by atoms with Crippen molar-refractivity contribution in [1.29, 1.82) is 0 Å². The van der Waals surface area contributed by atoms with Gasteiger partial charge in [0.2, 0.25) is 5.91 Å². The molecule has 2 N–H and O–H groups in total. The van der Waals surface area contributed by atoms with Crippen LogP contribution in [0.25, 0.3) is 6.08 Å². The highest BCUT2D eigenvalue weighted by Gasteiger charge is 2.11. The molecule has 124 valence electrons. The molecule has 6 heteroatoms. The molecule has 0 atom stereocenters. The van der Waals surface area contributed by atoms with Crippen LogP contribution in [0.3, 0.4) is 0 Å². The van der Waals surface area contributed by atoms with Gasteiger partial charge in [0.05, 0.1) is 0 Å². The summed E-state index contributed by atoms with van der Waals surface area (Å²) in [6.07, 6.45) is 1.29. The van der Waals surface area contributed by atoms with E-state index in [9.17, 15) is 14.0 Å². The maximum absolute atomic E-state index is 13.6. The van der Waals surface area contributed by atoms with E-state index in [0.29, 0.717) is 16.9 Å². The molecule has 0 heterocycles. The summed E-state index contributed by atoms with van der Waals surface area (Å²) >= 11 is 0. The van der Waals surface area contributed by atoms with Crippen molar-refractivity contribution in [3.05, 3.63) is 71.2 Å². The van der Waals surface area contributed by atoms with Crippen molar-refractivity contribution in [2.45, 2.75) is 13.5 Å². The molecule has 2 rings (SSSR count). The second kappa shape index (κ2) is 7.92. The second-order valence-corrected chi connectivity index (χ2v) is 4.96. The number of carbonyl (C=O) groups excluding carboxylic acids is 1. The number of nitrogens with one attached hydrogen (secondary N) is 1. The summed E-state index contributed by atoms with van der Waals surface area (Å²) in [6, 6.07) is 12.9. The van der Waals surface area contributed by atoms with Gasteiger partial charge in [-0.15, -0.1) is 0 Å². The molecule has 0 bridgehead atoms. The van der Waals surface area contributed by atoms with Gasteiger partial charge in [-0.1, -0.05) is 36.4 Å². The van der Waals surface area contributed by atoms with E-state index in [1.165, 1.54) is 19.1 Å². The number of ether oxygens (including phenoxy) is 1. The van der Waals surface area contributed by atoms with E-state index in [0.717, 1.165) is 0 Å². The Morgan fingerprint density at radius 1 is 1.17 bits per heavy atom. The van der Waals surface area contributed by atoms with Gasteiger partial charge in [0.25, 0.3) is 0 Å². The largest absolute Gasteiger partial charge is 0.488 e. The fraction of sp³-hybridized carbons (Fsp3) is 0.111. The predicted molar refractivity (Wildman–Crippen MR) is 86.6 cm³/mol. The Kier molecular flexibility index (Phi) is 5.68. The van der Waals surface area contributed by atoms with E-state index in [2.05, 4.69) is 5.32 Å². The highest BCUT2D eigenvalue weighted by atomic mass is 19.1. The molecule has 5 nitrogen and oxygen atoms in total. The zero-order valence-electron chi connectivity index (χ0n) is 13.0. The van der Waals surface area contributed by atoms with Gasteiger partial charge in [0.15, 0.2) is 0 Å². The third-order valence-electron chi connectivity index (χ3n) is 3.10. The van der Waals surface area contributed by atoms with E-state index >= 15 is 0 Å². The molecule has 0 unspecified atom stereocenters. The van der Waals surface area contributed by atoms with Crippen LogP contribution in [0.1, 0.15) is 18.1 Å². The highest BCUT2D eigenvalue weighted by molar-refractivity contribution is 5.96. The normalized spacial score (nSPS) is 11.0. The Hall–Kier alpha value is -3.15. The van der Waals surface area contributed by atoms with Gasteiger partial charge in [0, 0.05) is 18.1 Å². The number of hydrogen-bond acceptors (Lipinski definition) is 3. The lowest BCUT2D eigenvalue weighted by molar-refractivity contribution is -0.134. The molecule has 0 aliphatic heterocycles. The number of rotatable bonds is 6. The quantitative estimate of drug-likeness (QED) is 0.799. The Bertz CT molecular complexity index is 786. The minimum Gasteiger partial charge on any atom is -0.488 e. The van der Waals surface area contributed by atoms with Crippen LogP contribution in [0.2, 0.25) is 0 Å². The van der Waals surface area contributed by atoms with E-state index in [-0.39, 0.29) is 18.1 Å². The number of aliphatic carboxylic acids is 1. The van der Waals surface area contributed by atoms with Crippen LogP contribution in [0.15, 0.2) is 54.2 Å². The van der Waals surface area contributed by atoms with E-state index in [1.807, 2.05) is 0 Å². The molecule has 0 aliphatic rings. The summed E-state index contributed by atoms with van der Waals surface area (Å²) in [4.78, 5) is 22.3. The Morgan fingerprint density at radius 3 is 2.50 bits per heavy atom. The van der Waals surface area contributed by atoms with Crippen LogP contribution in [0.4, 0.5) is 4.39 Å². The summed E-state index contributed by atoms with van der Waals surface area (Å²) in [5, 5.41) is 11.4. The van der Waals surface area contributed by atoms with Crippen molar-refractivity contribution in [2.75, 3.05) is 0 Å². The number of halogens is 1. The fourth-order valence-corrected chi connectivity index (χ4v) is 2.00. The maximum atomic E-state index is 13.6. The van der Waals surface area contributed by atoms with Crippen LogP contribution in [0.5, 0.6) is 5.75 Å². The van der Waals surface area contributed by atoms with Gasteiger partial charge in [-0.05, 0) is 18.2 Å². The summed E-state index contributed by atoms with van der Waals surface area (Å²) in [7, 11) is 0. The predicted octanol–water partition coefficient (Wildman–Crippen LogP) is 2.97. The lowest BCUT2D eigenvalue weighted by atomic mass is 10.1. The zero-order valence-corrected chi connectivity index (χ0v) is 13.0. The van der Waals surface area contributed by atoms with Crippen molar-refractivity contribution < 1.29 is 23.8 Å². The summed E-state index contributed by atoms with van der Waals surface area (Å²) < 4.78 is 19.2.